The predicted octanol–water partition coefficient (Wildman–Crippen LogP) is 3.93. The molecule has 1 aromatic heterocycles. The summed E-state index contributed by atoms with van der Waals surface area (Å²) in [6.07, 6.45) is 2.55. The van der Waals surface area contributed by atoms with Crippen molar-refractivity contribution in [1.29, 1.82) is 0 Å². The van der Waals surface area contributed by atoms with E-state index in [9.17, 15) is 4.79 Å². The quantitative estimate of drug-likeness (QED) is 0.723. The molecule has 6 nitrogen and oxygen atoms in total. The second-order valence-electron chi connectivity index (χ2n) is 6.97. The highest BCUT2D eigenvalue weighted by molar-refractivity contribution is 6.31. The number of aryl methyl sites for hydroxylation is 1. The van der Waals surface area contributed by atoms with Crippen LogP contribution in [0.15, 0.2) is 42.6 Å². The van der Waals surface area contributed by atoms with Crippen LogP contribution in [-0.2, 0) is 0 Å². The number of nitrogens with zero attached hydrogens (tertiary/aromatic N) is 3. The second-order valence-corrected chi connectivity index (χ2v) is 7.41. The summed E-state index contributed by atoms with van der Waals surface area (Å²) in [5, 5.41) is 4.03. The Morgan fingerprint density at radius 2 is 2.11 bits per heavy atom. The zero-order valence-electron chi connectivity index (χ0n) is 15.8. The van der Waals surface area contributed by atoms with Gasteiger partial charge in [0.25, 0.3) is 5.91 Å². The van der Waals surface area contributed by atoms with E-state index in [-0.39, 0.29) is 11.9 Å². The first-order chi connectivity index (χ1) is 13.5. The molecule has 2 aromatic carbocycles. The fraction of sp³-hybridized carbons (Fsp3) is 0.286. The van der Waals surface area contributed by atoms with Crippen molar-refractivity contribution in [3.8, 4) is 5.75 Å². The molecule has 28 heavy (non-hydrogen) atoms. The van der Waals surface area contributed by atoms with Crippen LogP contribution in [0.25, 0.3) is 11.0 Å². The lowest BCUT2D eigenvalue weighted by atomic mass is 10.1. The summed E-state index contributed by atoms with van der Waals surface area (Å²) in [5.41, 5.74) is 3.17. The Bertz CT molecular complexity index is 1040. The van der Waals surface area contributed by atoms with E-state index in [2.05, 4.69) is 15.3 Å². The van der Waals surface area contributed by atoms with Crippen LogP contribution in [0.4, 0.5) is 5.82 Å². The molecule has 4 rings (SSSR count). The van der Waals surface area contributed by atoms with Crippen LogP contribution in [0.2, 0.25) is 5.02 Å². The number of halogens is 1. The normalized spacial score (nSPS) is 16.4. The monoisotopic (exact) mass is 396 g/mol. The van der Waals surface area contributed by atoms with Crippen LogP contribution >= 0.6 is 11.6 Å². The summed E-state index contributed by atoms with van der Waals surface area (Å²) >= 11 is 5.99. The van der Waals surface area contributed by atoms with Crippen molar-refractivity contribution in [3.05, 3.63) is 58.7 Å². The third-order valence-corrected chi connectivity index (χ3v) is 5.15. The number of rotatable bonds is 4. The summed E-state index contributed by atoms with van der Waals surface area (Å²) in [4.78, 5) is 23.8. The second kappa shape index (κ2) is 7.64. The largest absolute Gasteiger partial charge is 0.496 e. The maximum atomic E-state index is 13.0. The molecular weight excluding hydrogens is 376 g/mol. The number of fused-ring (bicyclic) bond motifs is 1. The predicted molar refractivity (Wildman–Crippen MR) is 110 cm³/mol. The topological polar surface area (TPSA) is 67.3 Å². The maximum absolute atomic E-state index is 13.0. The van der Waals surface area contributed by atoms with E-state index in [0.717, 1.165) is 23.0 Å². The summed E-state index contributed by atoms with van der Waals surface area (Å²) in [5.74, 6) is 1.29. The molecule has 1 atom stereocenters. The van der Waals surface area contributed by atoms with Gasteiger partial charge in [-0.25, -0.2) is 4.98 Å². The minimum Gasteiger partial charge on any atom is -0.496 e. The molecule has 0 bridgehead atoms. The Labute approximate surface area is 168 Å². The van der Waals surface area contributed by atoms with E-state index in [1.54, 1.807) is 25.4 Å². The number of carbonyl (C=O) groups excluding carboxylic acids is 1. The first-order valence-electron chi connectivity index (χ1n) is 9.16. The molecule has 3 aromatic rings. The molecule has 0 saturated carbocycles. The molecule has 1 N–H and O–H groups in total. The van der Waals surface area contributed by atoms with Crippen molar-refractivity contribution in [2.75, 3.05) is 25.5 Å². The number of hydrogen-bond acceptors (Lipinski definition) is 5. The van der Waals surface area contributed by atoms with Gasteiger partial charge in [-0.3, -0.25) is 9.78 Å². The number of benzene rings is 2. The number of aromatic nitrogens is 2. The van der Waals surface area contributed by atoms with Gasteiger partial charge in [-0.1, -0.05) is 23.2 Å². The van der Waals surface area contributed by atoms with Crippen LogP contribution in [-0.4, -0.2) is 47.0 Å². The van der Waals surface area contributed by atoms with Gasteiger partial charge in [0.1, 0.15) is 11.6 Å². The average molecular weight is 397 g/mol. The van der Waals surface area contributed by atoms with Gasteiger partial charge in [-0.05, 0) is 43.7 Å². The molecule has 1 aliphatic heterocycles. The minimum absolute atomic E-state index is 0.0101. The number of anilines is 1. The molecule has 7 heteroatoms. The summed E-state index contributed by atoms with van der Waals surface area (Å²) < 4.78 is 5.36. The van der Waals surface area contributed by atoms with Gasteiger partial charge in [0.2, 0.25) is 0 Å². The Balaban J connectivity index is 1.46. The molecule has 144 valence electrons. The minimum atomic E-state index is -0.0101. The standard InChI is InChI=1S/C21H21ClN4O2/c1-13-3-6-19(28-2)16(9-13)21(27)26-8-7-15(12-26)24-20-11-23-18-10-14(22)4-5-17(18)25-20/h3-6,9-11,15H,7-8,12H2,1-2H3,(H,24,25)/t15-/m1/s1. The van der Waals surface area contributed by atoms with E-state index in [1.807, 2.05) is 36.1 Å². The van der Waals surface area contributed by atoms with E-state index in [0.29, 0.717) is 35.2 Å². The van der Waals surface area contributed by atoms with Gasteiger partial charge in [0.15, 0.2) is 0 Å². The molecule has 1 aliphatic rings. The lowest BCUT2D eigenvalue weighted by molar-refractivity contribution is 0.0788. The number of carbonyl (C=O) groups is 1. The average Bonchev–Trinajstić information content (AvgIpc) is 3.16. The highest BCUT2D eigenvalue weighted by Gasteiger charge is 2.28. The Kier molecular flexibility index (Phi) is 5.05. The molecule has 1 amide bonds. The zero-order chi connectivity index (χ0) is 19.7. The molecule has 0 unspecified atom stereocenters. The van der Waals surface area contributed by atoms with Crippen molar-refractivity contribution >= 4 is 34.4 Å². The summed E-state index contributed by atoms with van der Waals surface area (Å²) in [6.45, 7) is 3.26. The Hall–Kier alpha value is -2.86. The Morgan fingerprint density at radius 3 is 2.93 bits per heavy atom. The lowest BCUT2D eigenvalue weighted by Gasteiger charge is -2.19. The van der Waals surface area contributed by atoms with E-state index < -0.39 is 0 Å². The van der Waals surface area contributed by atoms with Crippen molar-refractivity contribution in [2.24, 2.45) is 0 Å². The Morgan fingerprint density at radius 1 is 1.25 bits per heavy atom. The van der Waals surface area contributed by atoms with Gasteiger partial charge < -0.3 is 15.0 Å². The first-order valence-corrected chi connectivity index (χ1v) is 9.54. The summed E-state index contributed by atoms with van der Waals surface area (Å²) in [6, 6.07) is 11.2. The number of likely N-dealkylation sites (tertiary alicyclic amines) is 1. The fourth-order valence-electron chi connectivity index (χ4n) is 3.48. The molecule has 0 spiro atoms. The van der Waals surface area contributed by atoms with Crippen LogP contribution < -0.4 is 10.1 Å². The smallest absolute Gasteiger partial charge is 0.257 e. The van der Waals surface area contributed by atoms with Crippen molar-refractivity contribution in [3.63, 3.8) is 0 Å². The van der Waals surface area contributed by atoms with Crippen molar-refractivity contribution < 1.29 is 9.53 Å². The van der Waals surface area contributed by atoms with Crippen molar-refractivity contribution in [2.45, 2.75) is 19.4 Å². The zero-order valence-corrected chi connectivity index (χ0v) is 16.5. The number of amides is 1. The van der Waals surface area contributed by atoms with Gasteiger partial charge >= 0.3 is 0 Å². The number of nitrogens with one attached hydrogen (secondary N) is 1. The third kappa shape index (κ3) is 3.73. The number of hydrogen-bond donors (Lipinski definition) is 1. The van der Waals surface area contributed by atoms with Crippen LogP contribution in [0.5, 0.6) is 5.75 Å². The number of ether oxygens (including phenoxy) is 1. The summed E-state index contributed by atoms with van der Waals surface area (Å²) in [7, 11) is 1.58. The molecule has 0 aliphatic carbocycles. The number of methoxy groups -OCH3 is 1. The highest BCUT2D eigenvalue weighted by Crippen LogP contribution is 2.24. The molecule has 2 heterocycles. The van der Waals surface area contributed by atoms with Gasteiger partial charge in [0, 0.05) is 24.2 Å². The van der Waals surface area contributed by atoms with E-state index >= 15 is 0 Å². The maximum Gasteiger partial charge on any atom is 0.257 e. The molecular formula is C21H21ClN4O2. The van der Waals surface area contributed by atoms with Crippen LogP contribution in [0.1, 0.15) is 22.3 Å². The lowest BCUT2D eigenvalue weighted by Crippen LogP contribution is -2.32. The SMILES string of the molecule is COc1ccc(C)cc1C(=O)N1CC[C@@H](Nc2cnc3cc(Cl)ccc3n2)C1. The van der Waals surface area contributed by atoms with Crippen LogP contribution in [0.3, 0.4) is 0 Å². The fourth-order valence-corrected chi connectivity index (χ4v) is 3.65. The first kappa shape index (κ1) is 18.5. The molecule has 1 fully saturated rings. The van der Waals surface area contributed by atoms with E-state index in [4.69, 9.17) is 16.3 Å². The van der Waals surface area contributed by atoms with E-state index in [1.165, 1.54) is 0 Å². The molecule has 0 radical (unpaired) electrons. The molecule has 1 saturated heterocycles. The third-order valence-electron chi connectivity index (χ3n) is 4.92. The van der Waals surface area contributed by atoms with Gasteiger partial charge in [0.05, 0.1) is 29.9 Å². The van der Waals surface area contributed by atoms with Gasteiger partial charge in [-0.2, -0.15) is 0 Å². The van der Waals surface area contributed by atoms with Gasteiger partial charge in [-0.15, -0.1) is 0 Å². The highest BCUT2D eigenvalue weighted by atomic mass is 35.5. The van der Waals surface area contributed by atoms with Crippen molar-refractivity contribution in [1.82, 2.24) is 14.9 Å². The van der Waals surface area contributed by atoms with Crippen LogP contribution in [0, 0.1) is 6.92 Å².